The molecule has 0 aliphatic heterocycles. The molecule has 0 spiro atoms. The van der Waals surface area contributed by atoms with Crippen LogP contribution in [0.15, 0.2) is 58.9 Å². The lowest BCUT2D eigenvalue weighted by Crippen LogP contribution is -2.28. The van der Waals surface area contributed by atoms with E-state index in [1.165, 1.54) is 0 Å². The number of carbonyl (C=O) groups is 1. The first-order valence-corrected chi connectivity index (χ1v) is 11.0. The first-order chi connectivity index (χ1) is 13.4. The summed E-state index contributed by atoms with van der Waals surface area (Å²) in [4.78, 5) is 12.4. The van der Waals surface area contributed by atoms with Crippen molar-refractivity contribution in [2.45, 2.75) is 30.6 Å². The number of nitrogens with zero attached hydrogens (tertiary/aromatic N) is 2. The zero-order chi connectivity index (χ0) is 20.1. The Morgan fingerprint density at radius 1 is 1.07 bits per heavy atom. The molecule has 2 aromatic carbocycles. The molecule has 3 aromatic rings. The van der Waals surface area contributed by atoms with E-state index in [4.69, 9.17) is 0 Å². The van der Waals surface area contributed by atoms with Gasteiger partial charge < -0.3 is 0 Å². The largest absolute Gasteiger partial charge is 0.296 e. The fraction of sp³-hybridized carbons (Fsp3) is 0.211. The molecule has 146 valence electrons. The Morgan fingerprint density at radius 3 is 2.43 bits per heavy atom. The highest BCUT2D eigenvalue weighted by molar-refractivity contribution is 7.91. The van der Waals surface area contributed by atoms with E-state index in [0.29, 0.717) is 12.0 Å². The third-order valence-corrected chi connectivity index (χ3v) is 6.83. The first-order valence-electron chi connectivity index (χ1n) is 8.68. The molecule has 0 unspecified atom stereocenters. The zero-order valence-electron chi connectivity index (χ0n) is 15.4. The zero-order valence-corrected chi connectivity index (χ0v) is 17.0. The summed E-state index contributed by atoms with van der Waals surface area (Å²) in [5, 5.41) is 10.3. The Labute approximate surface area is 167 Å². The predicted molar refractivity (Wildman–Crippen MR) is 109 cm³/mol. The van der Waals surface area contributed by atoms with E-state index < -0.39 is 10.0 Å². The number of hydrogen-bond donors (Lipinski definition) is 2. The number of sulfonamides is 1. The molecule has 1 aromatic heterocycles. The minimum absolute atomic E-state index is 0.126. The van der Waals surface area contributed by atoms with Crippen molar-refractivity contribution in [1.82, 2.24) is 14.9 Å². The Balaban J connectivity index is 1.75. The van der Waals surface area contributed by atoms with Crippen LogP contribution in [0.25, 0.3) is 0 Å². The molecule has 7 nitrogen and oxygen atoms in total. The molecule has 0 fully saturated rings. The van der Waals surface area contributed by atoms with Crippen LogP contribution in [0.3, 0.4) is 0 Å². The van der Waals surface area contributed by atoms with Gasteiger partial charge in [0.05, 0.1) is 0 Å². The van der Waals surface area contributed by atoms with Crippen LogP contribution < -0.4 is 10.0 Å². The minimum atomic E-state index is -3.86. The summed E-state index contributed by atoms with van der Waals surface area (Å²) in [5.74, 6) is -0.359. The number of aryl methyl sites for hydroxylation is 1. The Kier molecular flexibility index (Phi) is 6.18. The lowest BCUT2D eigenvalue weighted by Gasteiger charge is -2.16. The van der Waals surface area contributed by atoms with Crippen molar-refractivity contribution in [2.75, 3.05) is 5.32 Å². The molecular formula is C19H20N4O3S2. The van der Waals surface area contributed by atoms with Gasteiger partial charge in [-0.25, -0.2) is 13.1 Å². The molecule has 0 radical (unpaired) electrons. The van der Waals surface area contributed by atoms with E-state index in [1.807, 2.05) is 56.3 Å². The van der Waals surface area contributed by atoms with Crippen LogP contribution in [0.2, 0.25) is 0 Å². The number of aromatic nitrogens is 2. The van der Waals surface area contributed by atoms with Crippen molar-refractivity contribution in [3.8, 4) is 0 Å². The van der Waals surface area contributed by atoms with Gasteiger partial charge in [0.25, 0.3) is 15.9 Å². The smallest absolute Gasteiger partial charge is 0.270 e. The van der Waals surface area contributed by atoms with Crippen LogP contribution in [-0.4, -0.2) is 24.5 Å². The number of carbonyl (C=O) groups excluding carboxylic acids is 1. The third kappa shape index (κ3) is 4.61. The van der Waals surface area contributed by atoms with Gasteiger partial charge in [-0.2, -0.15) is 0 Å². The second-order valence-corrected chi connectivity index (χ2v) is 9.00. The summed E-state index contributed by atoms with van der Waals surface area (Å²) in [6, 6.07) is 16.1. The molecule has 1 atom stereocenters. The molecule has 1 amide bonds. The van der Waals surface area contributed by atoms with Crippen LogP contribution in [0, 0.1) is 6.92 Å². The molecule has 0 bridgehead atoms. The normalized spacial score (nSPS) is 12.5. The number of amides is 1. The number of nitrogens with one attached hydrogen (secondary N) is 2. The summed E-state index contributed by atoms with van der Waals surface area (Å²) in [5.41, 5.74) is 2.18. The van der Waals surface area contributed by atoms with Gasteiger partial charge in [-0.1, -0.05) is 66.8 Å². The van der Waals surface area contributed by atoms with Gasteiger partial charge in [-0.05, 0) is 30.5 Å². The molecular weight excluding hydrogens is 396 g/mol. The Morgan fingerprint density at radius 2 is 1.75 bits per heavy atom. The van der Waals surface area contributed by atoms with Crippen LogP contribution in [0.5, 0.6) is 0 Å². The maximum Gasteiger partial charge on any atom is 0.270 e. The molecule has 2 N–H and O–H groups in total. The van der Waals surface area contributed by atoms with E-state index in [-0.39, 0.29) is 21.4 Å². The Hall–Kier alpha value is -2.62. The molecule has 0 saturated carbocycles. The lowest BCUT2D eigenvalue weighted by molar-refractivity contribution is 0.102. The predicted octanol–water partition coefficient (Wildman–Crippen LogP) is 3.53. The average Bonchev–Trinajstić information content (AvgIpc) is 3.16. The van der Waals surface area contributed by atoms with Crippen LogP contribution in [-0.2, 0) is 10.0 Å². The molecule has 0 aliphatic rings. The van der Waals surface area contributed by atoms with Crippen LogP contribution >= 0.6 is 11.3 Å². The van der Waals surface area contributed by atoms with E-state index in [1.54, 1.807) is 12.1 Å². The van der Waals surface area contributed by atoms with Gasteiger partial charge in [0.2, 0.25) is 9.47 Å². The standard InChI is InChI=1S/C19H20N4O3S2/c1-3-16(14-10-5-4-6-11-14)23-28(25,26)19-22-21-18(27-19)20-17(24)15-12-8-7-9-13(15)2/h4-12,16,23H,3H2,1-2H3,(H,20,21,24)/t16-/m1/s1. The monoisotopic (exact) mass is 416 g/mol. The maximum absolute atomic E-state index is 12.7. The van der Waals surface area contributed by atoms with Gasteiger partial charge in [0.15, 0.2) is 0 Å². The molecule has 0 saturated heterocycles. The van der Waals surface area contributed by atoms with Gasteiger partial charge >= 0.3 is 0 Å². The van der Waals surface area contributed by atoms with Gasteiger partial charge in [-0.15, -0.1) is 10.2 Å². The fourth-order valence-electron chi connectivity index (χ4n) is 2.67. The minimum Gasteiger partial charge on any atom is -0.296 e. The van der Waals surface area contributed by atoms with Crippen LogP contribution in [0.1, 0.15) is 40.9 Å². The van der Waals surface area contributed by atoms with Crippen molar-refractivity contribution in [1.29, 1.82) is 0 Å². The Bertz CT molecular complexity index is 1070. The summed E-state index contributed by atoms with van der Waals surface area (Å²) < 4.78 is 27.8. The highest BCUT2D eigenvalue weighted by Crippen LogP contribution is 2.24. The van der Waals surface area contributed by atoms with Gasteiger partial charge in [-0.3, -0.25) is 10.1 Å². The molecule has 28 heavy (non-hydrogen) atoms. The second kappa shape index (κ2) is 8.59. The fourth-order valence-corrected chi connectivity index (χ4v) is 4.89. The summed E-state index contributed by atoms with van der Waals surface area (Å²) in [6.45, 7) is 3.72. The van der Waals surface area contributed by atoms with E-state index in [0.717, 1.165) is 22.5 Å². The number of rotatable bonds is 7. The summed E-state index contributed by atoms with van der Waals surface area (Å²) >= 11 is 0.812. The lowest BCUT2D eigenvalue weighted by atomic mass is 10.1. The van der Waals surface area contributed by atoms with Crippen molar-refractivity contribution in [3.63, 3.8) is 0 Å². The molecule has 0 aliphatic carbocycles. The quantitative estimate of drug-likeness (QED) is 0.574. The van der Waals surface area contributed by atoms with Crippen LogP contribution in [0.4, 0.5) is 5.13 Å². The molecule has 3 rings (SSSR count). The van der Waals surface area contributed by atoms with Gasteiger partial charge in [0.1, 0.15) is 0 Å². The second-order valence-electron chi connectivity index (χ2n) is 6.13. The topological polar surface area (TPSA) is 101 Å². The average molecular weight is 417 g/mol. The van der Waals surface area contributed by atoms with Crippen molar-refractivity contribution in [3.05, 3.63) is 71.3 Å². The van der Waals surface area contributed by atoms with Crippen molar-refractivity contribution < 1.29 is 13.2 Å². The van der Waals surface area contributed by atoms with E-state index in [2.05, 4.69) is 20.2 Å². The number of benzene rings is 2. The van der Waals surface area contributed by atoms with E-state index in [9.17, 15) is 13.2 Å². The molecule has 1 heterocycles. The van der Waals surface area contributed by atoms with Crippen molar-refractivity contribution in [2.24, 2.45) is 0 Å². The highest BCUT2D eigenvalue weighted by Gasteiger charge is 2.25. The number of anilines is 1. The SMILES string of the molecule is CC[C@@H](NS(=O)(=O)c1nnc(NC(=O)c2ccccc2C)s1)c1ccccc1. The van der Waals surface area contributed by atoms with E-state index >= 15 is 0 Å². The summed E-state index contributed by atoms with van der Waals surface area (Å²) in [7, 11) is -3.86. The highest BCUT2D eigenvalue weighted by atomic mass is 32.2. The van der Waals surface area contributed by atoms with Crippen molar-refractivity contribution >= 4 is 32.4 Å². The summed E-state index contributed by atoms with van der Waals surface area (Å²) in [6.07, 6.45) is 0.582. The third-order valence-electron chi connectivity index (χ3n) is 4.15. The number of hydrogen-bond acceptors (Lipinski definition) is 6. The molecule has 9 heteroatoms. The maximum atomic E-state index is 12.7. The first kappa shape index (κ1) is 20.1. The van der Waals surface area contributed by atoms with Gasteiger partial charge in [0, 0.05) is 11.6 Å².